The molecule has 0 atom stereocenters. The number of rotatable bonds is 12. The van der Waals surface area contributed by atoms with Crippen molar-refractivity contribution in [2.24, 2.45) is 0 Å². The first kappa shape index (κ1) is 74.5. The number of para-hydroxylation sites is 2. The molecule has 128 heavy (non-hydrogen) atoms. The lowest BCUT2D eigenvalue weighted by atomic mass is 9.97. The van der Waals surface area contributed by atoms with Gasteiger partial charge in [-0.2, -0.15) is 0 Å². The van der Waals surface area contributed by atoms with E-state index in [0.717, 1.165) is 118 Å². The van der Waals surface area contributed by atoms with Gasteiger partial charge in [-0.25, -0.2) is 29.9 Å². The van der Waals surface area contributed by atoms with Crippen molar-refractivity contribution in [2.45, 2.75) is 0 Å². The fourth-order valence-corrected chi connectivity index (χ4v) is 22.6. The molecule has 8 heterocycles. The number of hydrogen-bond donors (Lipinski definition) is 0. The van der Waals surface area contributed by atoms with Crippen LogP contribution in [0, 0.1) is 0 Å². The molecule has 26 rings (SSSR count). The molecule has 0 aliphatic heterocycles. The lowest BCUT2D eigenvalue weighted by Crippen LogP contribution is -1.98. The van der Waals surface area contributed by atoms with E-state index in [1.54, 1.807) is 0 Å². The van der Waals surface area contributed by atoms with Crippen LogP contribution < -0.4 is 0 Å². The van der Waals surface area contributed by atoms with Gasteiger partial charge in [0.25, 0.3) is 0 Å². The Morgan fingerprint density at radius 1 is 0.188 bits per heavy atom. The van der Waals surface area contributed by atoms with Gasteiger partial charge in [0.15, 0.2) is 11.6 Å². The van der Waals surface area contributed by atoms with Crippen LogP contribution in [-0.4, -0.2) is 34.5 Å². The molecule has 596 valence electrons. The normalized spacial score (nSPS) is 11.8. The first-order valence-electron chi connectivity index (χ1n) is 43.1. The van der Waals surface area contributed by atoms with Crippen molar-refractivity contribution >= 4 is 160 Å². The smallest absolute Gasteiger partial charge is 0.160 e. The Morgan fingerprint density at radius 2 is 0.531 bits per heavy atom. The second-order valence-corrected chi connectivity index (χ2v) is 35.8. The molecular weight excluding hydrogens is 1610 g/mol. The Hall–Kier alpha value is -16.1. The Bertz CT molecular complexity index is 8880. The number of pyridine rings is 2. The molecule has 0 amide bonds. The Balaban J connectivity index is 0.000000139. The number of benzene rings is 18. The first-order valence-corrected chi connectivity index (χ1v) is 45.5. The lowest BCUT2D eigenvalue weighted by Gasteiger charge is -2.13. The van der Waals surface area contributed by atoms with Gasteiger partial charge in [0.1, 0.15) is 0 Å². The zero-order chi connectivity index (χ0) is 84.3. The summed E-state index contributed by atoms with van der Waals surface area (Å²) in [4.78, 5) is 31.6. The second kappa shape index (κ2) is 31.0. The number of hydrogen-bond acceptors (Lipinski definition) is 9. The maximum Gasteiger partial charge on any atom is 0.160 e. The standard InChI is InChI=1S/C59H36N4S.C59H35N3S2/c1-2-15-40(16-3-1)59-61-50(36-51(62-59)42-18-12-19-43(34-42)63-53-25-9-6-21-45(53)46-22-7-10-26-54(46)63)39-30-28-37(29-31-39)41-32-33-48-52(35-41)60-57(47-24-13-17-38-14-4-5-20-44(38)47)58-56(48)49-23-8-11-27-55(49)64-58;1-2-13-41(14-3-1)59-61-50(35-51(62-59)40-30-26-38(27-31-40)44-19-11-21-47-45-17-6-8-22-53(45)63-57(44)47)39-28-24-36(25-29-39)42-32-33-48-52(34-42)60-56(46-20-10-15-37-12-4-5-16-43(37)46)58-55(48)49-18-7-9-23-54(49)64-58/h1-36H;1-35H. The molecule has 0 aliphatic carbocycles. The molecule has 0 aliphatic rings. The minimum atomic E-state index is 0.689. The van der Waals surface area contributed by atoms with Crippen molar-refractivity contribution in [1.82, 2.24) is 34.5 Å². The summed E-state index contributed by atoms with van der Waals surface area (Å²) in [6.07, 6.45) is 0. The third kappa shape index (κ3) is 13.0. The van der Waals surface area contributed by atoms with Gasteiger partial charge in [-0.3, -0.25) is 0 Å². The number of thiophene rings is 3. The summed E-state index contributed by atoms with van der Waals surface area (Å²) in [7, 11) is 0. The van der Waals surface area contributed by atoms with Crippen molar-refractivity contribution in [3.63, 3.8) is 0 Å². The average Bonchev–Trinajstić information content (AvgIpc) is 1.61. The van der Waals surface area contributed by atoms with E-state index >= 15 is 0 Å². The molecule has 8 aromatic heterocycles. The van der Waals surface area contributed by atoms with Gasteiger partial charge in [0, 0.05) is 123 Å². The molecule has 0 saturated carbocycles. The van der Waals surface area contributed by atoms with Gasteiger partial charge in [-0.15, -0.1) is 34.0 Å². The third-order valence-corrected chi connectivity index (χ3v) is 28.7. The van der Waals surface area contributed by atoms with E-state index in [1.807, 2.05) is 70.4 Å². The van der Waals surface area contributed by atoms with E-state index in [-0.39, 0.29) is 0 Å². The highest BCUT2D eigenvalue weighted by Gasteiger charge is 2.24. The van der Waals surface area contributed by atoms with Gasteiger partial charge in [-0.1, -0.05) is 364 Å². The molecule has 0 spiro atoms. The Morgan fingerprint density at radius 3 is 1.02 bits per heavy atom. The predicted octanol–water partition coefficient (Wildman–Crippen LogP) is 32.9. The van der Waals surface area contributed by atoms with Crippen LogP contribution in [0.3, 0.4) is 0 Å². The Labute approximate surface area is 748 Å². The van der Waals surface area contributed by atoms with Crippen LogP contribution in [0.25, 0.3) is 255 Å². The highest BCUT2D eigenvalue weighted by Crippen LogP contribution is 2.49. The van der Waals surface area contributed by atoms with Gasteiger partial charge in [0.05, 0.1) is 65.6 Å². The molecule has 0 bridgehead atoms. The molecule has 0 saturated heterocycles. The minimum absolute atomic E-state index is 0.689. The van der Waals surface area contributed by atoms with E-state index in [9.17, 15) is 0 Å². The summed E-state index contributed by atoms with van der Waals surface area (Å²) in [5, 5.41) is 17.4. The van der Waals surface area contributed by atoms with E-state index in [0.29, 0.717) is 11.6 Å². The van der Waals surface area contributed by atoms with E-state index < -0.39 is 0 Å². The molecular formula is C118H71N7S3. The zero-order valence-electron chi connectivity index (χ0n) is 68.8. The lowest BCUT2D eigenvalue weighted by molar-refractivity contribution is 1.16. The van der Waals surface area contributed by atoms with Crippen LogP contribution >= 0.6 is 34.0 Å². The van der Waals surface area contributed by atoms with Crippen LogP contribution in [0.5, 0.6) is 0 Å². The highest BCUT2D eigenvalue weighted by atomic mass is 32.1. The largest absolute Gasteiger partial charge is 0.309 e. The number of nitrogens with zero attached hydrogens (tertiary/aromatic N) is 7. The molecule has 7 nitrogen and oxygen atoms in total. The summed E-state index contributed by atoms with van der Waals surface area (Å²) < 4.78 is 9.97. The van der Waals surface area contributed by atoms with E-state index in [1.165, 1.54) is 126 Å². The van der Waals surface area contributed by atoms with Crippen LogP contribution in [0.15, 0.2) is 431 Å². The summed E-state index contributed by atoms with van der Waals surface area (Å²) >= 11 is 5.53. The average molecular weight is 1680 g/mol. The molecule has 0 radical (unpaired) electrons. The second-order valence-electron chi connectivity index (χ2n) is 32.6. The number of aromatic nitrogens is 7. The highest BCUT2D eigenvalue weighted by molar-refractivity contribution is 7.27. The van der Waals surface area contributed by atoms with Crippen LogP contribution in [0.2, 0.25) is 0 Å². The monoisotopic (exact) mass is 1680 g/mol. The third-order valence-electron chi connectivity index (χ3n) is 25.1. The minimum Gasteiger partial charge on any atom is -0.309 e. The van der Waals surface area contributed by atoms with Crippen molar-refractivity contribution in [2.75, 3.05) is 0 Å². The summed E-state index contributed by atoms with van der Waals surface area (Å²) in [5.74, 6) is 1.39. The van der Waals surface area contributed by atoms with Crippen molar-refractivity contribution in [1.29, 1.82) is 0 Å². The van der Waals surface area contributed by atoms with Gasteiger partial charge in [-0.05, 0) is 122 Å². The quantitative estimate of drug-likeness (QED) is 0.121. The maximum absolute atomic E-state index is 5.49. The Kier molecular flexibility index (Phi) is 18.1. The first-order chi connectivity index (χ1) is 63.4. The van der Waals surface area contributed by atoms with Crippen LogP contribution in [0.1, 0.15) is 0 Å². The fourth-order valence-electron chi connectivity index (χ4n) is 18.9. The molecule has 10 heteroatoms. The topological polar surface area (TPSA) is 82.3 Å². The van der Waals surface area contributed by atoms with Crippen molar-refractivity contribution in [3.05, 3.63) is 431 Å². The SMILES string of the molecule is c1ccc(-c2nc(-c3ccc(-c4ccc5c(c4)nc(-c4cccc6ccccc46)c4sc6ccccc6c45)cc3)cc(-c3ccc(-c4cccc5c4sc4ccccc45)cc3)n2)cc1.c1ccc(-c2nc(-c3ccc(-c4ccc5c(c4)nc(-c4cccc6ccccc46)c4sc6ccccc6c45)cc3)cc(-c3cccc(-n4c5ccccc5c5ccccc54)c3)n2)cc1. The summed E-state index contributed by atoms with van der Waals surface area (Å²) in [6, 6.07) is 154. The van der Waals surface area contributed by atoms with E-state index in [4.69, 9.17) is 29.9 Å². The van der Waals surface area contributed by atoms with Gasteiger partial charge in [0.2, 0.25) is 0 Å². The molecule has 0 unspecified atom stereocenters. The van der Waals surface area contributed by atoms with Gasteiger partial charge >= 0.3 is 0 Å². The number of fused-ring (bicyclic) bond motifs is 18. The summed E-state index contributed by atoms with van der Waals surface area (Å²) in [5.41, 5.74) is 26.3. The molecule has 18 aromatic carbocycles. The van der Waals surface area contributed by atoms with Crippen molar-refractivity contribution < 1.29 is 0 Å². The molecule has 0 N–H and O–H groups in total. The van der Waals surface area contributed by atoms with Crippen molar-refractivity contribution in [3.8, 4) is 129 Å². The van der Waals surface area contributed by atoms with Crippen LogP contribution in [0.4, 0.5) is 0 Å². The van der Waals surface area contributed by atoms with E-state index in [2.05, 4.69) is 399 Å². The predicted molar refractivity (Wildman–Crippen MR) is 542 cm³/mol. The maximum atomic E-state index is 5.49. The molecule has 0 fully saturated rings. The zero-order valence-corrected chi connectivity index (χ0v) is 71.3. The molecule has 26 aromatic rings. The summed E-state index contributed by atoms with van der Waals surface area (Å²) in [6.45, 7) is 0. The van der Waals surface area contributed by atoms with Gasteiger partial charge < -0.3 is 4.57 Å². The van der Waals surface area contributed by atoms with Crippen LogP contribution in [-0.2, 0) is 0 Å². The fraction of sp³-hybridized carbons (Fsp3) is 0.